The molecule has 7 heteroatoms. The van der Waals surface area contributed by atoms with E-state index in [0.717, 1.165) is 0 Å². The summed E-state index contributed by atoms with van der Waals surface area (Å²) in [4.78, 5) is 12.4. The molecule has 2 heterocycles. The van der Waals surface area contributed by atoms with Gasteiger partial charge in [-0.15, -0.1) is 0 Å². The SMILES string of the molecule is Nc1cccc(-n2ccc(=O)c(-c3ccnn3-c3ccccc3F)n2)c1. The molecule has 0 amide bonds. The Labute approximate surface area is 147 Å². The highest BCUT2D eigenvalue weighted by molar-refractivity contribution is 5.57. The van der Waals surface area contributed by atoms with E-state index in [0.29, 0.717) is 17.1 Å². The van der Waals surface area contributed by atoms with Crippen LogP contribution in [0.15, 0.2) is 77.9 Å². The van der Waals surface area contributed by atoms with Gasteiger partial charge in [-0.1, -0.05) is 18.2 Å². The molecule has 2 aromatic carbocycles. The maximum Gasteiger partial charge on any atom is 0.209 e. The number of para-hydroxylation sites is 1. The zero-order chi connectivity index (χ0) is 18.1. The lowest BCUT2D eigenvalue weighted by molar-refractivity contribution is 0.611. The third-order valence-corrected chi connectivity index (χ3v) is 3.91. The first-order valence-electron chi connectivity index (χ1n) is 7.89. The zero-order valence-electron chi connectivity index (χ0n) is 13.6. The number of rotatable bonds is 3. The first-order valence-corrected chi connectivity index (χ1v) is 7.89. The Morgan fingerprint density at radius 3 is 2.65 bits per heavy atom. The molecule has 0 bridgehead atoms. The van der Waals surface area contributed by atoms with E-state index in [2.05, 4.69) is 10.2 Å². The number of hydrogen-bond donors (Lipinski definition) is 1. The molecule has 0 unspecified atom stereocenters. The summed E-state index contributed by atoms with van der Waals surface area (Å²) in [6.45, 7) is 0. The molecule has 0 radical (unpaired) electrons. The van der Waals surface area contributed by atoms with Crippen molar-refractivity contribution in [2.75, 3.05) is 5.73 Å². The van der Waals surface area contributed by atoms with Crippen molar-refractivity contribution in [3.05, 3.63) is 89.1 Å². The Morgan fingerprint density at radius 2 is 1.85 bits per heavy atom. The van der Waals surface area contributed by atoms with Gasteiger partial charge in [0.05, 0.1) is 17.6 Å². The number of aromatic nitrogens is 4. The standard InChI is InChI=1S/C19H14FN5O/c20-15-6-1-2-7-16(15)25-17(8-10-22-25)19-18(26)9-11-24(23-19)14-5-3-4-13(21)12-14/h1-12H,21H2. The van der Waals surface area contributed by atoms with Crippen LogP contribution in [0.1, 0.15) is 0 Å². The highest BCUT2D eigenvalue weighted by atomic mass is 19.1. The number of nitrogens with two attached hydrogens (primary N) is 1. The van der Waals surface area contributed by atoms with Gasteiger partial charge in [0, 0.05) is 18.0 Å². The molecule has 0 saturated heterocycles. The van der Waals surface area contributed by atoms with Gasteiger partial charge in [-0.2, -0.15) is 10.2 Å². The van der Waals surface area contributed by atoms with E-state index >= 15 is 0 Å². The quantitative estimate of drug-likeness (QED) is 0.578. The van der Waals surface area contributed by atoms with E-state index in [-0.39, 0.29) is 16.8 Å². The van der Waals surface area contributed by atoms with Crippen LogP contribution in [0.4, 0.5) is 10.1 Å². The lowest BCUT2D eigenvalue weighted by Crippen LogP contribution is -2.15. The molecule has 0 aliphatic rings. The van der Waals surface area contributed by atoms with E-state index < -0.39 is 5.82 Å². The molecule has 0 fully saturated rings. The molecule has 0 aliphatic heterocycles. The second-order valence-electron chi connectivity index (χ2n) is 5.65. The van der Waals surface area contributed by atoms with Crippen LogP contribution >= 0.6 is 0 Å². The molecule has 6 nitrogen and oxygen atoms in total. The van der Waals surface area contributed by atoms with Gasteiger partial charge >= 0.3 is 0 Å². The van der Waals surface area contributed by atoms with Gasteiger partial charge in [-0.3, -0.25) is 4.79 Å². The highest BCUT2D eigenvalue weighted by Gasteiger charge is 2.15. The van der Waals surface area contributed by atoms with Crippen molar-refractivity contribution < 1.29 is 4.39 Å². The Morgan fingerprint density at radius 1 is 1.00 bits per heavy atom. The van der Waals surface area contributed by atoms with Crippen LogP contribution in [0.2, 0.25) is 0 Å². The van der Waals surface area contributed by atoms with Gasteiger partial charge in [-0.25, -0.2) is 13.8 Å². The smallest absolute Gasteiger partial charge is 0.209 e. The Balaban J connectivity index is 1.88. The normalized spacial score (nSPS) is 10.8. The third kappa shape index (κ3) is 2.75. The van der Waals surface area contributed by atoms with Gasteiger partial charge in [-0.05, 0) is 36.4 Å². The minimum absolute atomic E-state index is 0.163. The van der Waals surface area contributed by atoms with Crippen molar-refractivity contribution in [1.82, 2.24) is 19.6 Å². The molecule has 0 saturated carbocycles. The molecular weight excluding hydrogens is 333 g/mol. The summed E-state index contributed by atoms with van der Waals surface area (Å²) in [6.07, 6.45) is 3.06. The Hall–Kier alpha value is -3.74. The Kier molecular flexibility index (Phi) is 3.81. The van der Waals surface area contributed by atoms with Gasteiger partial charge < -0.3 is 5.73 Å². The maximum absolute atomic E-state index is 14.2. The topological polar surface area (TPSA) is 78.7 Å². The Bertz CT molecular complexity index is 1150. The largest absolute Gasteiger partial charge is 0.399 e. The number of nitrogens with zero attached hydrogens (tertiary/aromatic N) is 4. The third-order valence-electron chi connectivity index (χ3n) is 3.91. The maximum atomic E-state index is 14.2. The second-order valence-corrected chi connectivity index (χ2v) is 5.65. The van der Waals surface area contributed by atoms with Gasteiger partial charge in [0.2, 0.25) is 5.43 Å². The predicted molar refractivity (Wildman–Crippen MR) is 96.8 cm³/mol. The number of halogens is 1. The van der Waals surface area contributed by atoms with Crippen molar-refractivity contribution in [2.24, 2.45) is 0 Å². The summed E-state index contributed by atoms with van der Waals surface area (Å²) in [5.41, 5.74) is 7.63. The van der Waals surface area contributed by atoms with Gasteiger partial charge in [0.1, 0.15) is 11.5 Å². The molecule has 26 heavy (non-hydrogen) atoms. The molecule has 0 spiro atoms. The van der Waals surface area contributed by atoms with E-state index in [9.17, 15) is 9.18 Å². The van der Waals surface area contributed by atoms with Crippen LogP contribution in [-0.2, 0) is 0 Å². The predicted octanol–water partition coefficient (Wildman–Crippen LogP) is 2.81. The van der Waals surface area contributed by atoms with Gasteiger partial charge in [0.15, 0.2) is 5.69 Å². The summed E-state index contributed by atoms with van der Waals surface area (Å²) < 4.78 is 17.1. The minimum Gasteiger partial charge on any atom is -0.399 e. The highest BCUT2D eigenvalue weighted by Crippen LogP contribution is 2.20. The van der Waals surface area contributed by atoms with E-state index in [1.165, 1.54) is 23.0 Å². The fourth-order valence-electron chi connectivity index (χ4n) is 2.69. The summed E-state index contributed by atoms with van der Waals surface area (Å²) in [5.74, 6) is -0.440. The van der Waals surface area contributed by atoms with Crippen molar-refractivity contribution in [3.8, 4) is 22.8 Å². The molecule has 128 valence electrons. The fourth-order valence-corrected chi connectivity index (χ4v) is 2.69. The van der Waals surface area contributed by atoms with Crippen LogP contribution in [0.3, 0.4) is 0 Å². The first-order chi connectivity index (χ1) is 12.6. The summed E-state index contributed by atoms with van der Waals surface area (Å²) in [5, 5.41) is 8.56. The number of nitrogen functional groups attached to an aromatic ring is 1. The van der Waals surface area contributed by atoms with Crippen molar-refractivity contribution in [3.63, 3.8) is 0 Å². The van der Waals surface area contributed by atoms with Crippen molar-refractivity contribution in [1.29, 1.82) is 0 Å². The fraction of sp³-hybridized carbons (Fsp3) is 0. The van der Waals surface area contributed by atoms with Crippen LogP contribution < -0.4 is 11.2 Å². The minimum atomic E-state index is -0.440. The first kappa shape index (κ1) is 15.8. The van der Waals surface area contributed by atoms with Crippen LogP contribution in [0.25, 0.3) is 22.8 Å². The molecular formula is C19H14FN5O. The lowest BCUT2D eigenvalue weighted by Gasteiger charge is -2.10. The van der Waals surface area contributed by atoms with Crippen molar-refractivity contribution >= 4 is 5.69 Å². The average molecular weight is 347 g/mol. The van der Waals surface area contributed by atoms with Crippen LogP contribution in [-0.4, -0.2) is 19.6 Å². The molecule has 0 atom stereocenters. The molecule has 2 N–H and O–H groups in total. The number of hydrogen-bond acceptors (Lipinski definition) is 4. The summed E-state index contributed by atoms with van der Waals surface area (Å²) in [6, 6.07) is 16.4. The molecule has 4 aromatic rings. The second kappa shape index (κ2) is 6.29. The van der Waals surface area contributed by atoms with E-state index in [1.54, 1.807) is 53.3 Å². The van der Waals surface area contributed by atoms with E-state index in [1.807, 2.05) is 6.07 Å². The van der Waals surface area contributed by atoms with Crippen LogP contribution in [0.5, 0.6) is 0 Å². The van der Waals surface area contributed by atoms with E-state index in [4.69, 9.17) is 5.73 Å². The molecule has 4 rings (SSSR count). The average Bonchev–Trinajstić information content (AvgIpc) is 3.12. The number of anilines is 1. The monoisotopic (exact) mass is 347 g/mol. The van der Waals surface area contributed by atoms with Crippen molar-refractivity contribution in [2.45, 2.75) is 0 Å². The molecule has 2 aromatic heterocycles. The van der Waals surface area contributed by atoms with Gasteiger partial charge in [0.25, 0.3) is 0 Å². The summed E-state index contributed by atoms with van der Waals surface area (Å²) >= 11 is 0. The lowest BCUT2D eigenvalue weighted by atomic mass is 10.2. The number of benzene rings is 2. The zero-order valence-corrected chi connectivity index (χ0v) is 13.6. The summed E-state index contributed by atoms with van der Waals surface area (Å²) in [7, 11) is 0. The van der Waals surface area contributed by atoms with Crippen LogP contribution in [0, 0.1) is 5.82 Å². The molecule has 0 aliphatic carbocycles.